The zero-order valence-electron chi connectivity index (χ0n) is 19.6. The highest BCUT2D eigenvalue weighted by molar-refractivity contribution is 14.1. The minimum atomic E-state index is -0.983. The molecule has 1 fully saturated rings. The number of carboxylic acid groups (broad SMARTS) is 1. The van der Waals surface area contributed by atoms with E-state index in [-0.39, 0.29) is 12.1 Å². The highest BCUT2D eigenvalue weighted by atomic mass is 127. The molecule has 1 atom stereocenters. The summed E-state index contributed by atoms with van der Waals surface area (Å²) in [6.45, 7) is 8.59. The molecular weight excluding hydrogens is 611 g/mol. The number of ether oxygens (including phenoxy) is 1. The molecule has 1 aliphatic rings. The largest absolute Gasteiger partial charge is 0.478 e. The van der Waals surface area contributed by atoms with Crippen LogP contribution in [0, 0.1) is 3.57 Å². The van der Waals surface area contributed by atoms with Gasteiger partial charge in [-0.15, -0.1) is 0 Å². The lowest BCUT2D eigenvalue weighted by atomic mass is 10.1. The van der Waals surface area contributed by atoms with E-state index in [1.165, 1.54) is 9.13 Å². The molecule has 6 nitrogen and oxygen atoms in total. The molecule has 182 valence electrons. The number of hydrogen-bond donors (Lipinski definition) is 1. The van der Waals surface area contributed by atoms with E-state index < -0.39 is 11.6 Å². The number of likely N-dealkylation sites (tertiary alicyclic amines) is 1. The van der Waals surface area contributed by atoms with Gasteiger partial charge in [-0.1, -0.05) is 30.3 Å². The van der Waals surface area contributed by atoms with E-state index in [9.17, 15) is 9.59 Å². The van der Waals surface area contributed by atoms with Gasteiger partial charge in [0.2, 0.25) is 0 Å². The van der Waals surface area contributed by atoms with Crippen molar-refractivity contribution in [2.24, 2.45) is 0 Å². The van der Waals surface area contributed by atoms with E-state index in [1.807, 2.05) is 49.9 Å². The first kappa shape index (κ1) is 26.7. The first-order valence-corrected chi connectivity index (χ1v) is 13.0. The van der Waals surface area contributed by atoms with E-state index in [2.05, 4.69) is 61.6 Å². The van der Waals surface area contributed by atoms with Crippen molar-refractivity contribution in [2.45, 2.75) is 51.9 Å². The van der Waals surface area contributed by atoms with Gasteiger partial charge in [-0.2, -0.15) is 0 Å². The van der Waals surface area contributed by atoms with Crippen LogP contribution in [0.5, 0.6) is 0 Å². The average Bonchev–Trinajstić information content (AvgIpc) is 3.20. The molecule has 0 radical (unpaired) electrons. The Balaban J connectivity index is 1.72. The highest BCUT2D eigenvalue weighted by Crippen LogP contribution is 2.25. The van der Waals surface area contributed by atoms with Gasteiger partial charge in [0, 0.05) is 46.3 Å². The zero-order valence-corrected chi connectivity index (χ0v) is 23.4. The van der Waals surface area contributed by atoms with E-state index in [1.54, 1.807) is 6.08 Å². The van der Waals surface area contributed by atoms with E-state index >= 15 is 0 Å². The van der Waals surface area contributed by atoms with Crippen molar-refractivity contribution in [3.8, 4) is 0 Å². The lowest BCUT2D eigenvalue weighted by Crippen LogP contribution is -2.44. The molecule has 0 bridgehead atoms. The smallest absolute Gasteiger partial charge is 0.410 e. The maximum absolute atomic E-state index is 13.1. The van der Waals surface area contributed by atoms with Gasteiger partial charge in [-0.05, 0) is 101 Å². The number of halogens is 2. The molecule has 2 aromatic rings. The van der Waals surface area contributed by atoms with E-state index in [0.29, 0.717) is 6.54 Å². The van der Waals surface area contributed by atoms with Crippen LogP contribution in [0.15, 0.2) is 53.0 Å². The standard InChI is InChI=1S/C26H30BrIN2O4/c1-26(2,3)34-25(33)30(16-19-6-4-18(5-7-19)9-11-24(31)32)21-12-13-29(17-21)15-20-8-10-23(28)22(27)14-20/h4-11,14,21H,12-13,15-17H2,1-3H3,(H,31,32)/b11-9+/t21-/m0/s1. The predicted octanol–water partition coefficient (Wildman–Crippen LogP) is 6.16. The molecule has 34 heavy (non-hydrogen) atoms. The van der Waals surface area contributed by atoms with Crippen molar-refractivity contribution < 1.29 is 19.4 Å². The first-order valence-electron chi connectivity index (χ1n) is 11.2. The molecule has 0 aliphatic carbocycles. The second-order valence-electron chi connectivity index (χ2n) is 9.45. The minimum Gasteiger partial charge on any atom is -0.478 e. The van der Waals surface area contributed by atoms with Gasteiger partial charge in [0.05, 0.1) is 0 Å². The Labute approximate surface area is 223 Å². The topological polar surface area (TPSA) is 70.1 Å². The van der Waals surface area contributed by atoms with Crippen molar-refractivity contribution >= 4 is 56.7 Å². The molecule has 1 aliphatic heterocycles. The third kappa shape index (κ3) is 8.09. The number of nitrogens with zero attached hydrogens (tertiary/aromatic N) is 2. The Morgan fingerprint density at radius 2 is 1.88 bits per heavy atom. The molecule has 1 N–H and O–H groups in total. The number of carbonyl (C=O) groups is 2. The van der Waals surface area contributed by atoms with Gasteiger partial charge in [0.25, 0.3) is 0 Å². The lowest BCUT2D eigenvalue weighted by Gasteiger charge is -2.32. The molecule has 1 saturated heterocycles. The average molecular weight is 641 g/mol. The zero-order chi connectivity index (χ0) is 24.9. The summed E-state index contributed by atoms with van der Waals surface area (Å²) in [5, 5.41) is 8.81. The van der Waals surface area contributed by atoms with Crippen LogP contribution in [-0.2, 0) is 22.6 Å². The summed E-state index contributed by atoms with van der Waals surface area (Å²) in [5.74, 6) is -0.983. The van der Waals surface area contributed by atoms with Crippen molar-refractivity contribution in [1.29, 1.82) is 0 Å². The molecule has 3 rings (SSSR count). The summed E-state index contributed by atoms with van der Waals surface area (Å²) in [7, 11) is 0. The quantitative estimate of drug-likeness (QED) is 0.290. The van der Waals surface area contributed by atoms with Gasteiger partial charge >= 0.3 is 12.1 Å². The monoisotopic (exact) mass is 640 g/mol. The van der Waals surface area contributed by atoms with Crippen LogP contribution in [0.25, 0.3) is 6.08 Å². The summed E-state index contributed by atoms with van der Waals surface area (Å²) < 4.78 is 8.02. The SMILES string of the molecule is CC(C)(C)OC(=O)N(Cc1ccc(/C=C/C(=O)O)cc1)[C@H]1CCN(Cc2ccc(I)c(Br)c2)C1. The normalized spacial score (nSPS) is 16.7. The Kier molecular flexibility index (Phi) is 9.17. The first-order chi connectivity index (χ1) is 16.0. The molecule has 1 amide bonds. The number of rotatable bonds is 7. The number of carboxylic acids is 1. The van der Waals surface area contributed by atoms with Crippen molar-refractivity contribution in [3.63, 3.8) is 0 Å². The van der Waals surface area contributed by atoms with Gasteiger partial charge in [0.1, 0.15) is 5.60 Å². The summed E-state index contributed by atoms with van der Waals surface area (Å²) in [6.07, 6.45) is 3.23. The van der Waals surface area contributed by atoms with E-state index in [0.717, 1.165) is 47.7 Å². The van der Waals surface area contributed by atoms with Crippen molar-refractivity contribution in [1.82, 2.24) is 9.80 Å². The Hall–Kier alpha value is -1.91. The second kappa shape index (κ2) is 11.7. The van der Waals surface area contributed by atoms with Gasteiger partial charge in [-0.3, -0.25) is 9.80 Å². The molecule has 2 aromatic carbocycles. The molecule has 0 spiro atoms. The molecule has 1 heterocycles. The maximum Gasteiger partial charge on any atom is 0.410 e. The molecule has 8 heteroatoms. The Morgan fingerprint density at radius 1 is 1.21 bits per heavy atom. The highest BCUT2D eigenvalue weighted by Gasteiger charge is 2.33. The summed E-state index contributed by atoms with van der Waals surface area (Å²) in [5.41, 5.74) is 2.43. The third-order valence-electron chi connectivity index (χ3n) is 5.46. The summed E-state index contributed by atoms with van der Waals surface area (Å²) in [6, 6.07) is 14.0. The molecule has 0 aromatic heterocycles. The fourth-order valence-electron chi connectivity index (χ4n) is 3.87. The molecule has 0 unspecified atom stereocenters. The van der Waals surface area contributed by atoms with Gasteiger partial charge < -0.3 is 9.84 Å². The predicted molar refractivity (Wildman–Crippen MR) is 145 cm³/mol. The van der Waals surface area contributed by atoms with E-state index in [4.69, 9.17) is 9.84 Å². The van der Waals surface area contributed by atoms with Crippen LogP contribution in [0.4, 0.5) is 4.79 Å². The van der Waals surface area contributed by atoms with Gasteiger partial charge in [0.15, 0.2) is 0 Å². The second-order valence-corrected chi connectivity index (χ2v) is 11.5. The summed E-state index contributed by atoms with van der Waals surface area (Å²) in [4.78, 5) is 28.1. The van der Waals surface area contributed by atoms with Crippen molar-refractivity contribution in [3.05, 3.63) is 73.3 Å². The van der Waals surface area contributed by atoms with Crippen LogP contribution >= 0.6 is 38.5 Å². The summed E-state index contributed by atoms with van der Waals surface area (Å²) >= 11 is 5.91. The third-order valence-corrected chi connectivity index (χ3v) is 7.80. The number of hydrogen-bond acceptors (Lipinski definition) is 4. The van der Waals surface area contributed by atoms with Crippen molar-refractivity contribution in [2.75, 3.05) is 13.1 Å². The number of carbonyl (C=O) groups excluding carboxylic acids is 1. The Morgan fingerprint density at radius 3 is 2.50 bits per heavy atom. The number of benzene rings is 2. The Bertz CT molecular complexity index is 1050. The van der Waals surface area contributed by atoms with Crippen LogP contribution in [0.2, 0.25) is 0 Å². The van der Waals surface area contributed by atoms with Crippen LogP contribution < -0.4 is 0 Å². The van der Waals surface area contributed by atoms with Crippen LogP contribution in [0.3, 0.4) is 0 Å². The number of amides is 1. The molecule has 0 saturated carbocycles. The lowest BCUT2D eigenvalue weighted by molar-refractivity contribution is -0.131. The number of aliphatic carboxylic acids is 1. The maximum atomic E-state index is 13.1. The van der Waals surface area contributed by atoms with Crippen LogP contribution in [-0.4, -0.2) is 51.7 Å². The van der Waals surface area contributed by atoms with Gasteiger partial charge in [-0.25, -0.2) is 9.59 Å². The minimum absolute atomic E-state index is 0.0497. The fourth-order valence-corrected chi connectivity index (χ4v) is 4.63. The fraction of sp³-hybridized carbons (Fsp3) is 0.385. The molecular formula is C26H30BrIN2O4. The van der Waals surface area contributed by atoms with Crippen LogP contribution in [0.1, 0.15) is 43.9 Å².